The fourth-order valence-corrected chi connectivity index (χ4v) is 2.83. The topological polar surface area (TPSA) is 12.5 Å². The van der Waals surface area contributed by atoms with Gasteiger partial charge in [0.15, 0.2) is 0 Å². The lowest BCUT2D eigenvalue weighted by molar-refractivity contribution is 0.301. The van der Waals surface area contributed by atoms with Crippen molar-refractivity contribution in [3.63, 3.8) is 0 Å². The molecule has 118 valence electrons. The lowest BCUT2D eigenvalue weighted by Gasteiger charge is -2.14. The molecule has 2 rings (SSSR count). The summed E-state index contributed by atoms with van der Waals surface area (Å²) in [4.78, 5) is 2.56. The minimum absolute atomic E-state index is 0.216. The Kier molecular flexibility index (Phi) is 7.58. The van der Waals surface area contributed by atoms with Gasteiger partial charge in [-0.1, -0.05) is 12.1 Å². The Labute approximate surface area is 128 Å². The van der Waals surface area contributed by atoms with Gasteiger partial charge in [0.05, 0.1) is 13.3 Å². The molecule has 1 fully saturated rings. The Morgan fingerprint density at radius 2 is 1.71 bits per heavy atom. The maximum atomic E-state index is 11.9. The number of benzene rings is 1. The van der Waals surface area contributed by atoms with Crippen LogP contribution in [-0.2, 0) is 6.42 Å². The molecule has 0 atom stereocenters. The molecule has 3 heteroatoms. The average molecular weight is 293 g/mol. The molecule has 0 amide bonds. The monoisotopic (exact) mass is 293 g/mol. The molecule has 0 unspecified atom stereocenters. The van der Waals surface area contributed by atoms with Gasteiger partial charge in [-0.15, -0.1) is 0 Å². The van der Waals surface area contributed by atoms with Crippen molar-refractivity contribution in [2.75, 3.05) is 32.9 Å². The summed E-state index contributed by atoms with van der Waals surface area (Å²) in [6.45, 7) is 4.28. The maximum Gasteiger partial charge on any atom is 0.119 e. The zero-order chi connectivity index (χ0) is 14.8. The molecule has 1 aliphatic heterocycles. The van der Waals surface area contributed by atoms with Crippen LogP contribution in [0.5, 0.6) is 5.75 Å². The number of nitrogens with zero attached hydrogens (tertiary/aromatic N) is 1. The highest BCUT2D eigenvalue weighted by molar-refractivity contribution is 5.27. The molecule has 1 aliphatic rings. The van der Waals surface area contributed by atoms with Crippen molar-refractivity contribution < 1.29 is 9.13 Å². The predicted octanol–water partition coefficient (Wildman–Crippen LogP) is 4.23. The first-order chi connectivity index (χ1) is 10.4. The molecule has 0 spiro atoms. The van der Waals surface area contributed by atoms with Crippen LogP contribution in [0.25, 0.3) is 0 Å². The second kappa shape index (κ2) is 9.78. The summed E-state index contributed by atoms with van der Waals surface area (Å²) in [5.74, 6) is 0.929. The van der Waals surface area contributed by atoms with Crippen molar-refractivity contribution in [2.24, 2.45) is 0 Å². The fraction of sp³-hybridized carbons (Fsp3) is 0.667. The van der Waals surface area contributed by atoms with Crippen LogP contribution < -0.4 is 4.74 Å². The average Bonchev–Trinajstić information content (AvgIpc) is 3.02. The molecule has 21 heavy (non-hydrogen) atoms. The number of likely N-dealkylation sites (tertiary alicyclic amines) is 1. The van der Waals surface area contributed by atoms with Crippen LogP contribution >= 0.6 is 0 Å². The Morgan fingerprint density at radius 1 is 0.952 bits per heavy atom. The molecule has 1 aromatic carbocycles. The molecule has 1 saturated heterocycles. The van der Waals surface area contributed by atoms with Gasteiger partial charge in [-0.05, 0) is 82.3 Å². The van der Waals surface area contributed by atoms with Gasteiger partial charge < -0.3 is 9.64 Å². The molecular weight excluding hydrogens is 265 g/mol. The first-order valence-corrected chi connectivity index (χ1v) is 8.38. The Bertz CT molecular complexity index is 373. The van der Waals surface area contributed by atoms with Crippen molar-refractivity contribution in [3.8, 4) is 5.75 Å². The predicted molar refractivity (Wildman–Crippen MR) is 85.8 cm³/mol. The third-order valence-electron chi connectivity index (χ3n) is 4.11. The van der Waals surface area contributed by atoms with Crippen molar-refractivity contribution >= 4 is 0 Å². The van der Waals surface area contributed by atoms with Crippen LogP contribution in [0.2, 0.25) is 0 Å². The van der Waals surface area contributed by atoms with Crippen LogP contribution in [0, 0.1) is 0 Å². The highest BCUT2D eigenvalue weighted by atomic mass is 19.1. The summed E-state index contributed by atoms with van der Waals surface area (Å²) in [6, 6.07) is 8.45. The van der Waals surface area contributed by atoms with Gasteiger partial charge in [0.2, 0.25) is 0 Å². The normalized spacial score (nSPS) is 15.5. The molecule has 0 N–H and O–H groups in total. The lowest BCUT2D eigenvalue weighted by Crippen LogP contribution is -2.20. The summed E-state index contributed by atoms with van der Waals surface area (Å²) in [5.41, 5.74) is 1.39. The first kappa shape index (κ1) is 16.3. The van der Waals surface area contributed by atoms with E-state index in [1.54, 1.807) is 0 Å². The van der Waals surface area contributed by atoms with Gasteiger partial charge in [0.25, 0.3) is 0 Å². The smallest absolute Gasteiger partial charge is 0.119 e. The standard InChI is InChI=1S/C18H28FNO/c19-12-2-1-5-16-21-18-10-8-17(9-11-18)7-6-15-20-13-3-4-14-20/h8-11H,1-7,12-16H2. The second-order valence-corrected chi connectivity index (χ2v) is 5.89. The van der Waals surface area contributed by atoms with Gasteiger partial charge in [-0.25, -0.2) is 0 Å². The van der Waals surface area contributed by atoms with Crippen molar-refractivity contribution in [3.05, 3.63) is 29.8 Å². The number of ether oxygens (including phenoxy) is 1. The van der Waals surface area contributed by atoms with Gasteiger partial charge >= 0.3 is 0 Å². The van der Waals surface area contributed by atoms with Crippen molar-refractivity contribution in [2.45, 2.75) is 44.9 Å². The summed E-state index contributed by atoms with van der Waals surface area (Å²) in [5, 5.41) is 0. The molecular formula is C18H28FNO. The molecule has 1 heterocycles. The SMILES string of the molecule is FCCCCCOc1ccc(CCCN2CCCC2)cc1. The highest BCUT2D eigenvalue weighted by Crippen LogP contribution is 2.15. The number of alkyl halides is 1. The van der Waals surface area contributed by atoms with Crippen LogP contribution in [-0.4, -0.2) is 37.8 Å². The molecule has 1 aromatic rings. The van der Waals surface area contributed by atoms with Crippen LogP contribution in [0.1, 0.15) is 44.1 Å². The Balaban J connectivity index is 1.59. The number of unbranched alkanes of at least 4 members (excludes halogenated alkanes) is 2. The summed E-state index contributed by atoms with van der Waals surface area (Å²) in [7, 11) is 0. The van der Waals surface area contributed by atoms with Gasteiger partial charge in [0.1, 0.15) is 5.75 Å². The van der Waals surface area contributed by atoms with E-state index in [1.807, 2.05) is 0 Å². The van der Waals surface area contributed by atoms with Gasteiger partial charge in [-0.3, -0.25) is 4.39 Å². The number of aryl methyl sites for hydroxylation is 1. The van der Waals surface area contributed by atoms with Crippen molar-refractivity contribution in [1.82, 2.24) is 4.90 Å². The number of hydrogen-bond acceptors (Lipinski definition) is 2. The molecule has 2 nitrogen and oxygen atoms in total. The number of rotatable bonds is 10. The second-order valence-electron chi connectivity index (χ2n) is 5.89. The maximum absolute atomic E-state index is 11.9. The molecule has 0 aliphatic carbocycles. The number of halogens is 1. The van der Waals surface area contributed by atoms with Crippen molar-refractivity contribution in [1.29, 1.82) is 0 Å². The first-order valence-electron chi connectivity index (χ1n) is 8.38. The van der Waals surface area contributed by atoms with Crippen LogP contribution in [0.15, 0.2) is 24.3 Å². The van der Waals surface area contributed by atoms with E-state index >= 15 is 0 Å². The zero-order valence-corrected chi connectivity index (χ0v) is 13.0. The minimum Gasteiger partial charge on any atom is -0.494 e. The summed E-state index contributed by atoms with van der Waals surface area (Å²) in [6.07, 6.45) is 7.62. The Morgan fingerprint density at radius 3 is 2.43 bits per heavy atom. The lowest BCUT2D eigenvalue weighted by atomic mass is 10.1. The van der Waals surface area contributed by atoms with E-state index in [0.29, 0.717) is 13.0 Å². The van der Waals surface area contributed by atoms with E-state index in [-0.39, 0.29) is 6.67 Å². The van der Waals surface area contributed by atoms with E-state index in [2.05, 4.69) is 29.2 Å². The number of hydrogen-bond donors (Lipinski definition) is 0. The van der Waals surface area contributed by atoms with Crippen LogP contribution in [0.3, 0.4) is 0 Å². The fourth-order valence-electron chi connectivity index (χ4n) is 2.83. The third kappa shape index (κ3) is 6.47. The molecule has 0 saturated carbocycles. The quantitative estimate of drug-likeness (QED) is 0.598. The third-order valence-corrected chi connectivity index (χ3v) is 4.11. The molecule has 0 aromatic heterocycles. The van der Waals surface area contributed by atoms with Crippen LogP contribution in [0.4, 0.5) is 4.39 Å². The molecule has 0 bridgehead atoms. The van der Waals surface area contributed by atoms with Gasteiger partial charge in [0, 0.05) is 0 Å². The molecule has 0 radical (unpaired) electrons. The van der Waals surface area contributed by atoms with E-state index < -0.39 is 0 Å². The Hall–Kier alpha value is -1.09. The van der Waals surface area contributed by atoms with E-state index in [0.717, 1.165) is 25.0 Å². The van der Waals surface area contributed by atoms with Gasteiger partial charge in [-0.2, -0.15) is 0 Å². The van der Waals surface area contributed by atoms with E-state index in [1.165, 1.54) is 44.5 Å². The van der Waals surface area contributed by atoms with E-state index in [9.17, 15) is 4.39 Å². The zero-order valence-electron chi connectivity index (χ0n) is 13.0. The van der Waals surface area contributed by atoms with E-state index in [4.69, 9.17) is 4.74 Å². The summed E-state index contributed by atoms with van der Waals surface area (Å²) >= 11 is 0. The highest BCUT2D eigenvalue weighted by Gasteiger charge is 2.10. The minimum atomic E-state index is -0.216. The summed E-state index contributed by atoms with van der Waals surface area (Å²) < 4.78 is 17.6. The largest absolute Gasteiger partial charge is 0.494 e.